The zero-order valence-electron chi connectivity index (χ0n) is 10.1. The summed E-state index contributed by atoms with van der Waals surface area (Å²) in [6, 6.07) is 5.48. The van der Waals surface area contributed by atoms with E-state index < -0.39 is 5.41 Å². The van der Waals surface area contributed by atoms with Crippen LogP contribution in [0.1, 0.15) is 36.8 Å². The molecule has 2 aromatic heterocycles. The minimum atomic E-state index is -0.448. The summed E-state index contributed by atoms with van der Waals surface area (Å²) in [4.78, 5) is 16.3. The molecule has 0 spiro atoms. The molecule has 0 unspecified atom stereocenters. The molecule has 4 nitrogen and oxygen atoms in total. The topological polar surface area (TPSA) is 58.2 Å². The summed E-state index contributed by atoms with van der Waals surface area (Å²) >= 11 is 0. The van der Waals surface area contributed by atoms with Crippen LogP contribution in [0.5, 0.6) is 0 Å². The van der Waals surface area contributed by atoms with Gasteiger partial charge in [0, 0.05) is 17.8 Å². The van der Waals surface area contributed by atoms with Crippen molar-refractivity contribution in [1.29, 1.82) is 5.26 Å². The third-order valence-corrected chi connectivity index (χ3v) is 2.49. The van der Waals surface area contributed by atoms with E-state index in [1.54, 1.807) is 28.9 Å². The number of carbonyl (C=O) groups is 1. The number of Topliss-reactive ketones (excluding diaryl/α,β-unsaturated/α-hetero) is 1. The minimum absolute atomic E-state index is 0.000271. The van der Waals surface area contributed by atoms with Gasteiger partial charge in [-0.3, -0.25) is 4.79 Å². The number of nitrogens with zero attached hydrogens (tertiary/aromatic N) is 3. The maximum atomic E-state index is 12.0. The van der Waals surface area contributed by atoms with Crippen molar-refractivity contribution >= 4 is 11.4 Å². The Balaban J connectivity index is 2.53. The summed E-state index contributed by atoms with van der Waals surface area (Å²) in [5.74, 6) is -0.000271. The highest BCUT2D eigenvalue weighted by Crippen LogP contribution is 2.20. The van der Waals surface area contributed by atoms with Crippen molar-refractivity contribution in [1.82, 2.24) is 9.38 Å². The fourth-order valence-corrected chi connectivity index (χ4v) is 1.55. The molecule has 2 aromatic rings. The maximum absolute atomic E-state index is 12.0. The molecule has 0 N–H and O–H groups in total. The van der Waals surface area contributed by atoms with Gasteiger partial charge in [0.15, 0.2) is 5.78 Å². The van der Waals surface area contributed by atoms with E-state index in [4.69, 9.17) is 5.26 Å². The zero-order valence-corrected chi connectivity index (χ0v) is 10.1. The lowest BCUT2D eigenvalue weighted by Crippen LogP contribution is -2.20. The Labute approximate surface area is 99.5 Å². The summed E-state index contributed by atoms with van der Waals surface area (Å²) in [5.41, 5.74) is 1.21. The van der Waals surface area contributed by atoms with Gasteiger partial charge in [0.1, 0.15) is 17.4 Å². The van der Waals surface area contributed by atoms with E-state index >= 15 is 0 Å². The molecule has 0 atom stereocenters. The second-order valence-electron chi connectivity index (χ2n) is 5.00. The third-order valence-electron chi connectivity index (χ3n) is 2.49. The number of aromatic nitrogens is 2. The monoisotopic (exact) mass is 227 g/mol. The van der Waals surface area contributed by atoms with Gasteiger partial charge in [-0.15, -0.1) is 0 Å². The first-order valence-electron chi connectivity index (χ1n) is 5.35. The second kappa shape index (κ2) is 3.70. The number of fused-ring (bicyclic) bond motifs is 1. The molecule has 0 aromatic carbocycles. The summed E-state index contributed by atoms with van der Waals surface area (Å²) in [6.45, 7) is 5.58. The lowest BCUT2D eigenvalue weighted by Gasteiger charge is -2.13. The Morgan fingerprint density at radius 3 is 2.65 bits per heavy atom. The van der Waals surface area contributed by atoms with E-state index in [9.17, 15) is 4.79 Å². The predicted octanol–water partition coefficient (Wildman–Crippen LogP) is 2.43. The number of nitriles is 1. The number of imidazole rings is 1. The van der Waals surface area contributed by atoms with Crippen molar-refractivity contribution in [2.24, 2.45) is 5.41 Å². The van der Waals surface area contributed by atoms with E-state index in [1.807, 2.05) is 20.8 Å². The zero-order chi connectivity index (χ0) is 12.6. The van der Waals surface area contributed by atoms with Crippen molar-refractivity contribution < 1.29 is 4.79 Å². The molecule has 2 heterocycles. The van der Waals surface area contributed by atoms with E-state index in [-0.39, 0.29) is 5.78 Å². The molecule has 0 saturated carbocycles. The number of pyridine rings is 1. The summed E-state index contributed by atoms with van der Waals surface area (Å²) in [7, 11) is 0. The first-order chi connectivity index (χ1) is 7.91. The number of rotatable bonds is 1. The van der Waals surface area contributed by atoms with Crippen molar-refractivity contribution in [3.8, 4) is 6.07 Å². The van der Waals surface area contributed by atoms with Crippen LogP contribution in [0.15, 0.2) is 24.5 Å². The van der Waals surface area contributed by atoms with Crippen LogP contribution in [0.25, 0.3) is 5.65 Å². The summed E-state index contributed by atoms with van der Waals surface area (Å²) in [6.07, 6.45) is 3.34. The van der Waals surface area contributed by atoms with Gasteiger partial charge in [-0.2, -0.15) is 5.26 Å². The maximum Gasteiger partial charge on any atom is 0.188 e. The Morgan fingerprint density at radius 2 is 2.06 bits per heavy atom. The van der Waals surface area contributed by atoms with Crippen molar-refractivity contribution in [3.63, 3.8) is 0 Å². The highest BCUT2D eigenvalue weighted by atomic mass is 16.1. The van der Waals surface area contributed by atoms with E-state index in [0.717, 1.165) is 0 Å². The SMILES string of the molecule is CC(C)(C)C(=O)c1cn2cc(C#N)ccc2n1. The van der Waals surface area contributed by atoms with Gasteiger partial charge in [-0.05, 0) is 12.1 Å². The van der Waals surface area contributed by atoms with E-state index in [2.05, 4.69) is 11.1 Å². The molecule has 17 heavy (non-hydrogen) atoms. The Morgan fingerprint density at radius 1 is 1.35 bits per heavy atom. The Hall–Kier alpha value is -2.15. The highest BCUT2D eigenvalue weighted by molar-refractivity contribution is 5.98. The smallest absolute Gasteiger partial charge is 0.188 e. The minimum Gasteiger partial charge on any atom is -0.305 e. The predicted molar refractivity (Wildman–Crippen MR) is 63.7 cm³/mol. The van der Waals surface area contributed by atoms with Gasteiger partial charge in [0.05, 0.1) is 5.56 Å². The van der Waals surface area contributed by atoms with Crippen molar-refractivity contribution in [2.75, 3.05) is 0 Å². The van der Waals surface area contributed by atoms with Gasteiger partial charge < -0.3 is 4.40 Å². The molecule has 4 heteroatoms. The van der Waals surface area contributed by atoms with Gasteiger partial charge in [0.25, 0.3) is 0 Å². The van der Waals surface area contributed by atoms with Crippen LogP contribution in [0.3, 0.4) is 0 Å². The van der Waals surface area contributed by atoms with E-state index in [1.165, 1.54) is 0 Å². The molecule has 0 aliphatic carbocycles. The van der Waals surface area contributed by atoms with Gasteiger partial charge >= 0.3 is 0 Å². The van der Waals surface area contributed by atoms with Gasteiger partial charge in [-0.25, -0.2) is 4.98 Å². The number of ketones is 1. The van der Waals surface area contributed by atoms with Crippen LogP contribution in [0.4, 0.5) is 0 Å². The first kappa shape index (κ1) is 11.3. The Bertz CT molecular complexity index is 626. The average molecular weight is 227 g/mol. The molecular formula is C13H13N3O. The van der Waals surface area contributed by atoms with Crippen LogP contribution in [-0.4, -0.2) is 15.2 Å². The fourth-order valence-electron chi connectivity index (χ4n) is 1.55. The van der Waals surface area contributed by atoms with Crippen LogP contribution >= 0.6 is 0 Å². The van der Waals surface area contributed by atoms with E-state index in [0.29, 0.717) is 16.9 Å². The molecule has 0 fully saturated rings. The molecule has 0 radical (unpaired) electrons. The number of carbonyl (C=O) groups excluding carboxylic acids is 1. The molecule has 0 amide bonds. The number of hydrogen-bond acceptors (Lipinski definition) is 3. The molecule has 0 aliphatic rings. The lowest BCUT2D eigenvalue weighted by atomic mass is 9.89. The molecule has 0 aliphatic heterocycles. The van der Waals surface area contributed by atoms with Crippen molar-refractivity contribution in [2.45, 2.75) is 20.8 Å². The van der Waals surface area contributed by atoms with Crippen LogP contribution in [-0.2, 0) is 0 Å². The average Bonchev–Trinajstić information content (AvgIpc) is 2.68. The van der Waals surface area contributed by atoms with Gasteiger partial charge in [-0.1, -0.05) is 20.8 Å². The Kier molecular flexibility index (Phi) is 2.47. The molecule has 0 saturated heterocycles. The van der Waals surface area contributed by atoms with Crippen LogP contribution in [0.2, 0.25) is 0 Å². The third kappa shape index (κ3) is 2.04. The highest BCUT2D eigenvalue weighted by Gasteiger charge is 2.25. The fraction of sp³-hybridized carbons (Fsp3) is 0.308. The normalized spacial score (nSPS) is 11.4. The van der Waals surface area contributed by atoms with Crippen LogP contribution < -0.4 is 0 Å². The summed E-state index contributed by atoms with van der Waals surface area (Å²) < 4.78 is 1.71. The second-order valence-corrected chi connectivity index (χ2v) is 5.00. The molecular weight excluding hydrogens is 214 g/mol. The first-order valence-corrected chi connectivity index (χ1v) is 5.35. The van der Waals surface area contributed by atoms with Gasteiger partial charge in [0.2, 0.25) is 0 Å². The molecule has 0 bridgehead atoms. The number of hydrogen-bond donors (Lipinski definition) is 0. The molecule has 86 valence electrons. The summed E-state index contributed by atoms with van der Waals surface area (Å²) in [5, 5.41) is 8.79. The quantitative estimate of drug-likeness (QED) is 0.703. The lowest BCUT2D eigenvalue weighted by molar-refractivity contribution is 0.0853. The van der Waals surface area contributed by atoms with Crippen molar-refractivity contribution in [3.05, 3.63) is 35.8 Å². The van der Waals surface area contributed by atoms with Crippen LogP contribution in [0, 0.1) is 16.7 Å². The molecule has 2 rings (SSSR count). The standard InChI is InChI=1S/C13H13N3O/c1-13(2,3)12(17)10-8-16-7-9(6-14)4-5-11(16)15-10/h4-5,7-8H,1-3H3. The largest absolute Gasteiger partial charge is 0.305 e.